The Morgan fingerprint density at radius 1 is 1.33 bits per heavy atom. The summed E-state index contributed by atoms with van der Waals surface area (Å²) in [6.07, 6.45) is 1.03. The number of nitrogens with zero attached hydrogens (tertiary/aromatic N) is 1. The van der Waals surface area contributed by atoms with Crippen LogP contribution in [0.1, 0.15) is 25.8 Å². The molecule has 2 atom stereocenters. The minimum Gasteiger partial charge on any atom is -0.313 e. The Labute approximate surface area is 107 Å². The van der Waals surface area contributed by atoms with Crippen LogP contribution in [0.2, 0.25) is 0 Å². The first-order valence-electron chi connectivity index (χ1n) is 6.48. The van der Waals surface area contributed by atoms with Crippen molar-refractivity contribution in [3.05, 3.63) is 35.4 Å². The first-order chi connectivity index (χ1) is 8.58. The third-order valence-corrected chi connectivity index (χ3v) is 3.59. The van der Waals surface area contributed by atoms with Gasteiger partial charge in [0, 0.05) is 30.7 Å². The molecule has 1 aliphatic heterocycles. The van der Waals surface area contributed by atoms with Crippen molar-refractivity contribution >= 4 is 0 Å². The van der Waals surface area contributed by atoms with Gasteiger partial charge in [0.05, 0.1) is 0 Å². The number of hydrogen-bond donors (Lipinski definition) is 1. The van der Waals surface area contributed by atoms with E-state index < -0.39 is 11.6 Å². The second-order valence-electron chi connectivity index (χ2n) is 5.14. The van der Waals surface area contributed by atoms with Gasteiger partial charge in [0.25, 0.3) is 0 Å². The van der Waals surface area contributed by atoms with Crippen LogP contribution in [0.3, 0.4) is 0 Å². The Morgan fingerprint density at radius 2 is 2.11 bits per heavy atom. The summed E-state index contributed by atoms with van der Waals surface area (Å²) in [5, 5.41) is 3.41. The predicted molar refractivity (Wildman–Crippen MR) is 68.3 cm³/mol. The highest BCUT2D eigenvalue weighted by Crippen LogP contribution is 2.17. The van der Waals surface area contributed by atoms with Gasteiger partial charge in [-0.3, -0.25) is 4.90 Å². The fraction of sp³-hybridized carbons (Fsp3) is 0.571. The standard InChI is InChI=1S/C14H20F2N2/c1-10-8-18(11(2)6-7-17-10)9-12-4-3-5-13(15)14(12)16/h3-5,10-11,17H,6-9H2,1-2H3. The van der Waals surface area contributed by atoms with E-state index in [0.717, 1.165) is 25.6 Å². The molecule has 1 N–H and O–H groups in total. The molecular weight excluding hydrogens is 234 g/mol. The van der Waals surface area contributed by atoms with E-state index in [1.54, 1.807) is 12.1 Å². The van der Waals surface area contributed by atoms with Crippen molar-refractivity contribution in [2.45, 2.75) is 38.9 Å². The molecule has 1 aromatic carbocycles. The van der Waals surface area contributed by atoms with Crippen LogP contribution >= 0.6 is 0 Å². The minimum atomic E-state index is -0.763. The Kier molecular flexibility index (Phi) is 4.30. The van der Waals surface area contributed by atoms with E-state index in [0.29, 0.717) is 24.2 Å². The van der Waals surface area contributed by atoms with E-state index in [4.69, 9.17) is 0 Å². The average molecular weight is 254 g/mol. The molecule has 0 aromatic heterocycles. The van der Waals surface area contributed by atoms with Crippen LogP contribution in [0.5, 0.6) is 0 Å². The summed E-state index contributed by atoms with van der Waals surface area (Å²) >= 11 is 0. The lowest BCUT2D eigenvalue weighted by Gasteiger charge is -2.28. The van der Waals surface area contributed by atoms with Gasteiger partial charge in [-0.1, -0.05) is 12.1 Å². The molecule has 1 aromatic rings. The summed E-state index contributed by atoms with van der Waals surface area (Å²) in [4.78, 5) is 2.21. The fourth-order valence-corrected chi connectivity index (χ4v) is 2.43. The molecule has 0 spiro atoms. The molecule has 0 amide bonds. The lowest BCUT2D eigenvalue weighted by atomic mass is 10.1. The second kappa shape index (κ2) is 5.76. The van der Waals surface area contributed by atoms with E-state index in [2.05, 4.69) is 24.1 Å². The highest BCUT2D eigenvalue weighted by Gasteiger charge is 2.21. The van der Waals surface area contributed by atoms with Crippen molar-refractivity contribution in [2.75, 3.05) is 13.1 Å². The highest BCUT2D eigenvalue weighted by molar-refractivity contribution is 5.19. The number of rotatable bonds is 2. The van der Waals surface area contributed by atoms with Crippen LogP contribution in [0, 0.1) is 11.6 Å². The van der Waals surface area contributed by atoms with Crippen LogP contribution in [0.4, 0.5) is 8.78 Å². The van der Waals surface area contributed by atoms with Gasteiger partial charge in [-0.15, -0.1) is 0 Å². The predicted octanol–water partition coefficient (Wildman–Crippen LogP) is 2.54. The number of hydrogen-bond acceptors (Lipinski definition) is 2. The van der Waals surface area contributed by atoms with Crippen LogP contribution in [-0.4, -0.2) is 30.1 Å². The van der Waals surface area contributed by atoms with Crippen molar-refractivity contribution in [2.24, 2.45) is 0 Å². The van der Waals surface area contributed by atoms with Crippen molar-refractivity contribution in [1.29, 1.82) is 0 Å². The lowest BCUT2D eigenvalue weighted by Crippen LogP contribution is -2.38. The summed E-state index contributed by atoms with van der Waals surface area (Å²) < 4.78 is 26.8. The maximum absolute atomic E-state index is 13.7. The maximum Gasteiger partial charge on any atom is 0.163 e. The van der Waals surface area contributed by atoms with Gasteiger partial charge < -0.3 is 5.32 Å². The Balaban J connectivity index is 2.13. The van der Waals surface area contributed by atoms with Gasteiger partial charge >= 0.3 is 0 Å². The van der Waals surface area contributed by atoms with E-state index in [1.807, 2.05) is 0 Å². The fourth-order valence-electron chi connectivity index (χ4n) is 2.43. The summed E-state index contributed by atoms with van der Waals surface area (Å²) in [6, 6.07) is 5.15. The van der Waals surface area contributed by atoms with Crippen LogP contribution < -0.4 is 5.32 Å². The third-order valence-electron chi connectivity index (χ3n) is 3.59. The van der Waals surface area contributed by atoms with E-state index in [-0.39, 0.29) is 0 Å². The topological polar surface area (TPSA) is 15.3 Å². The van der Waals surface area contributed by atoms with Gasteiger partial charge in [0.1, 0.15) is 0 Å². The molecule has 1 saturated heterocycles. The van der Waals surface area contributed by atoms with Gasteiger partial charge in [0.2, 0.25) is 0 Å². The maximum atomic E-state index is 13.7. The number of halogens is 2. The molecule has 0 saturated carbocycles. The third kappa shape index (κ3) is 3.06. The zero-order valence-corrected chi connectivity index (χ0v) is 10.9. The van der Waals surface area contributed by atoms with Crippen molar-refractivity contribution in [3.8, 4) is 0 Å². The molecule has 1 fully saturated rings. The molecule has 2 nitrogen and oxygen atoms in total. The number of benzene rings is 1. The van der Waals surface area contributed by atoms with E-state index in [1.165, 1.54) is 0 Å². The van der Waals surface area contributed by atoms with Crippen LogP contribution in [-0.2, 0) is 6.54 Å². The van der Waals surface area contributed by atoms with Crippen molar-refractivity contribution in [3.63, 3.8) is 0 Å². The first-order valence-corrected chi connectivity index (χ1v) is 6.48. The Hall–Kier alpha value is -1.00. The molecular formula is C14H20F2N2. The monoisotopic (exact) mass is 254 g/mol. The van der Waals surface area contributed by atoms with Gasteiger partial charge in [-0.2, -0.15) is 0 Å². The smallest absolute Gasteiger partial charge is 0.163 e. The molecule has 1 aliphatic rings. The molecule has 2 unspecified atom stereocenters. The SMILES string of the molecule is CC1CN(Cc2cccc(F)c2F)C(C)CCN1. The quantitative estimate of drug-likeness (QED) is 0.872. The van der Waals surface area contributed by atoms with Crippen molar-refractivity contribution in [1.82, 2.24) is 10.2 Å². The summed E-state index contributed by atoms with van der Waals surface area (Å²) in [5.41, 5.74) is 0.441. The van der Waals surface area contributed by atoms with E-state index in [9.17, 15) is 8.78 Å². The largest absolute Gasteiger partial charge is 0.313 e. The molecule has 18 heavy (non-hydrogen) atoms. The summed E-state index contributed by atoms with van der Waals surface area (Å²) in [7, 11) is 0. The molecule has 1 heterocycles. The Morgan fingerprint density at radius 3 is 2.89 bits per heavy atom. The Bertz CT molecular complexity index is 409. The minimum absolute atomic E-state index is 0.380. The number of nitrogens with one attached hydrogen (secondary N) is 1. The first kappa shape index (κ1) is 13.4. The molecule has 0 bridgehead atoms. The van der Waals surface area contributed by atoms with Gasteiger partial charge in [0.15, 0.2) is 11.6 Å². The molecule has 4 heteroatoms. The lowest BCUT2D eigenvalue weighted by molar-refractivity contribution is 0.195. The molecule has 2 rings (SSSR count). The zero-order valence-electron chi connectivity index (χ0n) is 10.9. The average Bonchev–Trinajstić information content (AvgIpc) is 2.48. The second-order valence-corrected chi connectivity index (χ2v) is 5.14. The van der Waals surface area contributed by atoms with Crippen LogP contribution in [0.15, 0.2) is 18.2 Å². The van der Waals surface area contributed by atoms with Gasteiger partial charge in [-0.05, 0) is 32.9 Å². The van der Waals surface area contributed by atoms with E-state index >= 15 is 0 Å². The molecule has 100 valence electrons. The summed E-state index contributed by atoms with van der Waals surface area (Å²) in [6.45, 7) is 6.56. The molecule has 0 aliphatic carbocycles. The van der Waals surface area contributed by atoms with Crippen molar-refractivity contribution < 1.29 is 8.78 Å². The summed E-state index contributed by atoms with van der Waals surface area (Å²) in [5.74, 6) is -1.48. The highest BCUT2D eigenvalue weighted by atomic mass is 19.2. The zero-order chi connectivity index (χ0) is 13.1. The van der Waals surface area contributed by atoms with Crippen LogP contribution in [0.25, 0.3) is 0 Å². The normalized spacial score (nSPS) is 26.0. The van der Waals surface area contributed by atoms with Gasteiger partial charge in [-0.25, -0.2) is 8.78 Å². The molecule has 0 radical (unpaired) electrons.